The molecule has 0 fully saturated rings. The van der Waals surface area contributed by atoms with E-state index in [-0.39, 0.29) is 27.9 Å². The van der Waals surface area contributed by atoms with Crippen LogP contribution in [0, 0.1) is 6.92 Å². The average molecular weight is 618 g/mol. The van der Waals surface area contributed by atoms with E-state index in [0.717, 1.165) is 22.9 Å². The van der Waals surface area contributed by atoms with E-state index in [4.69, 9.17) is 5.73 Å². The van der Waals surface area contributed by atoms with Crippen molar-refractivity contribution in [2.24, 2.45) is 5.73 Å². The first-order valence-electron chi connectivity index (χ1n) is 12.9. The highest BCUT2D eigenvalue weighted by atomic mass is 32.2. The molecule has 0 radical (unpaired) electrons. The highest BCUT2D eigenvalue weighted by Gasteiger charge is 2.26. The molecule has 9 nitrogen and oxygen atoms in total. The number of hydrogen-bond acceptors (Lipinski definition) is 8. The highest BCUT2D eigenvalue weighted by Crippen LogP contribution is 2.36. The van der Waals surface area contributed by atoms with Crippen LogP contribution < -0.4 is 11.1 Å². The number of aryl methyl sites for hydroxylation is 1. The predicted molar refractivity (Wildman–Crippen MR) is 166 cm³/mol. The van der Waals surface area contributed by atoms with Crippen molar-refractivity contribution in [1.82, 2.24) is 14.8 Å². The van der Waals surface area contributed by atoms with E-state index in [1.807, 2.05) is 61.5 Å². The lowest BCUT2D eigenvalue weighted by molar-refractivity contribution is -0.115. The molecule has 1 atom stereocenters. The van der Waals surface area contributed by atoms with Gasteiger partial charge in [-0.05, 0) is 43.7 Å². The minimum atomic E-state index is -3.71. The molecule has 2 amide bonds. The molecule has 0 aliphatic rings. The van der Waals surface area contributed by atoms with Crippen LogP contribution >= 0.6 is 23.1 Å². The number of carbonyl (C=O) groups excluding carboxylic acids is 2. The van der Waals surface area contributed by atoms with Gasteiger partial charge in [0.1, 0.15) is 10.8 Å². The summed E-state index contributed by atoms with van der Waals surface area (Å²) >= 11 is 2.35. The number of thiophene rings is 1. The van der Waals surface area contributed by atoms with Crippen molar-refractivity contribution < 1.29 is 18.0 Å². The van der Waals surface area contributed by atoms with Gasteiger partial charge in [-0.2, -0.15) is 0 Å². The van der Waals surface area contributed by atoms with Crippen molar-refractivity contribution >= 4 is 49.8 Å². The van der Waals surface area contributed by atoms with Crippen molar-refractivity contribution in [1.29, 1.82) is 0 Å². The number of amides is 2. The third kappa shape index (κ3) is 6.30. The van der Waals surface area contributed by atoms with Gasteiger partial charge < -0.3 is 11.1 Å². The Kier molecular flexibility index (Phi) is 8.57. The lowest BCUT2D eigenvalue weighted by atomic mass is 10.0. The zero-order chi connectivity index (χ0) is 29.9. The van der Waals surface area contributed by atoms with Gasteiger partial charge in [-0.15, -0.1) is 21.5 Å². The SMILES string of the molecule is Cc1ccc(-c2csc(NC(=O)C(C)Sc3nnc(CS(=O)(=O)c4ccccc4)n3-c3ccccc3)c2C(N)=O)cc1. The fourth-order valence-electron chi connectivity index (χ4n) is 4.25. The van der Waals surface area contributed by atoms with Crippen LogP contribution in [-0.2, 0) is 20.4 Å². The molecule has 3 N–H and O–H groups in total. The molecule has 214 valence electrons. The molecule has 0 aliphatic heterocycles. The maximum Gasteiger partial charge on any atom is 0.252 e. The van der Waals surface area contributed by atoms with E-state index < -0.39 is 21.0 Å². The first kappa shape index (κ1) is 29.2. The lowest BCUT2D eigenvalue weighted by Crippen LogP contribution is -2.24. The van der Waals surface area contributed by atoms with Crippen LogP contribution in [-0.4, -0.2) is 40.2 Å². The minimum Gasteiger partial charge on any atom is -0.365 e. The summed E-state index contributed by atoms with van der Waals surface area (Å²) in [5, 5.41) is 13.1. The zero-order valence-corrected chi connectivity index (χ0v) is 25.2. The fraction of sp³-hybridized carbons (Fsp3) is 0.133. The van der Waals surface area contributed by atoms with Crippen molar-refractivity contribution in [3.63, 3.8) is 0 Å². The molecule has 12 heteroatoms. The summed E-state index contributed by atoms with van der Waals surface area (Å²) in [6.45, 7) is 3.67. The van der Waals surface area contributed by atoms with Gasteiger partial charge in [0, 0.05) is 16.6 Å². The Morgan fingerprint density at radius 2 is 1.62 bits per heavy atom. The van der Waals surface area contributed by atoms with Gasteiger partial charge >= 0.3 is 0 Å². The summed E-state index contributed by atoms with van der Waals surface area (Å²) in [7, 11) is -3.71. The number of thioether (sulfide) groups is 1. The Morgan fingerprint density at radius 3 is 2.26 bits per heavy atom. The topological polar surface area (TPSA) is 137 Å². The van der Waals surface area contributed by atoms with E-state index in [0.29, 0.717) is 21.4 Å². The van der Waals surface area contributed by atoms with Crippen molar-refractivity contribution in [3.8, 4) is 16.8 Å². The van der Waals surface area contributed by atoms with Crippen LogP contribution in [0.4, 0.5) is 5.00 Å². The van der Waals surface area contributed by atoms with Gasteiger partial charge in [-0.3, -0.25) is 14.2 Å². The molecule has 1 unspecified atom stereocenters. The average Bonchev–Trinajstić information content (AvgIpc) is 3.58. The maximum absolute atomic E-state index is 13.3. The van der Waals surface area contributed by atoms with Gasteiger partial charge in [0.25, 0.3) is 5.91 Å². The Hall–Kier alpha value is -4.26. The van der Waals surface area contributed by atoms with E-state index in [1.54, 1.807) is 35.1 Å². The summed E-state index contributed by atoms with van der Waals surface area (Å²) in [5.41, 5.74) is 9.18. The number of nitrogens with one attached hydrogen (secondary N) is 1. The molecule has 0 bridgehead atoms. The van der Waals surface area contributed by atoms with E-state index in [9.17, 15) is 18.0 Å². The molecule has 0 spiro atoms. The van der Waals surface area contributed by atoms with E-state index in [2.05, 4.69) is 15.5 Å². The number of rotatable bonds is 10. The Balaban J connectivity index is 1.40. The molecule has 0 saturated carbocycles. The van der Waals surface area contributed by atoms with Gasteiger partial charge in [-0.25, -0.2) is 8.42 Å². The monoisotopic (exact) mass is 617 g/mol. The molecule has 3 aromatic carbocycles. The third-order valence-corrected chi connectivity index (χ3v) is 9.99. The third-order valence-electron chi connectivity index (χ3n) is 6.42. The summed E-state index contributed by atoms with van der Waals surface area (Å²) in [4.78, 5) is 25.9. The molecule has 0 aliphatic carbocycles. The van der Waals surface area contributed by atoms with Gasteiger partial charge in [-0.1, -0.05) is 78.0 Å². The number of carbonyl (C=O) groups is 2. The van der Waals surface area contributed by atoms with Crippen LogP contribution in [0.2, 0.25) is 0 Å². The Morgan fingerprint density at radius 1 is 0.976 bits per heavy atom. The number of sulfone groups is 1. The lowest BCUT2D eigenvalue weighted by Gasteiger charge is -2.14. The summed E-state index contributed by atoms with van der Waals surface area (Å²) in [6.07, 6.45) is 0. The van der Waals surface area contributed by atoms with Crippen LogP contribution in [0.25, 0.3) is 16.8 Å². The smallest absolute Gasteiger partial charge is 0.252 e. The summed E-state index contributed by atoms with van der Waals surface area (Å²) < 4.78 is 27.9. The summed E-state index contributed by atoms with van der Waals surface area (Å²) in [5.74, 6) is -1.17. The number of para-hydroxylation sites is 1. The van der Waals surface area contributed by atoms with Crippen molar-refractivity contribution in [2.75, 3.05) is 5.32 Å². The number of nitrogens with two attached hydrogens (primary N) is 1. The molecule has 5 aromatic rings. The largest absolute Gasteiger partial charge is 0.365 e. The molecular formula is C30H27N5O4S3. The first-order chi connectivity index (χ1) is 20.1. The minimum absolute atomic E-state index is 0.181. The maximum atomic E-state index is 13.3. The van der Waals surface area contributed by atoms with Gasteiger partial charge in [0.15, 0.2) is 20.8 Å². The standard InChI is InChI=1S/C30H27N5O4S3/c1-19-13-15-21(16-14-19)24-17-40-29(26(24)27(31)36)32-28(37)20(2)41-30-34-33-25(35(30)22-9-5-3-6-10-22)18-42(38,39)23-11-7-4-8-12-23/h3-17,20H,18H2,1-2H3,(H2,31,36)(H,32,37). The Bertz CT molecular complexity index is 1840. The van der Waals surface area contributed by atoms with E-state index >= 15 is 0 Å². The predicted octanol–water partition coefficient (Wildman–Crippen LogP) is 5.50. The van der Waals surface area contributed by atoms with Crippen molar-refractivity contribution in [3.05, 3.63) is 107 Å². The first-order valence-corrected chi connectivity index (χ1v) is 16.3. The number of anilines is 1. The van der Waals surface area contributed by atoms with Crippen molar-refractivity contribution in [2.45, 2.75) is 34.9 Å². The summed E-state index contributed by atoms with van der Waals surface area (Å²) in [6, 6.07) is 25.0. The second-order valence-electron chi connectivity index (χ2n) is 9.48. The molecule has 0 saturated heterocycles. The normalized spacial score (nSPS) is 12.1. The quantitative estimate of drug-likeness (QED) is 0.198. The Labute approximate surface area is 251 Å². The highest BCUT2D eigenvalue weighted by molar-refractivity contribution is 8.00. The molecule has 2 heterocycles. The van der Waals surface area contributed by atoms with Crippen LogP contribution in [0.3, 0.4) is 0 Å². The van der Waals surface area contributed by atoms with Gasteiger partial charge in [0.05, 0.1) is 15.7 Å². The van der Waals surface area contributed by atoms with Crippen LogP contribution in [0.15, 0.2) is 100 Å². The fourth-order valence-corrected chi connectivity index (χ4v) is 7.38. The zero-order valence-electron chi connectivity index (χ0n) is 22.7. The number of benzene rings is 3. The molecule has 5 rings (SSSR count). The molecular weight excluding hydrogens is 591 g/mol. The second kappa shape index (κ2) is 12.3. The number of primary amides is 1. The molecule has 42 heavy (non-hydrogen) atoms. The van der Waals surface area contributed by atoms with Gasteiger partial charge in [0.2, 0.25) is 5.91 Å². The van der Waals surface area contributed by atoms with Crippen LogP contribution in [0.5, 0.6) is 0 Å². The van der Waals surface area contributed by atoms with Crippen LogP contribution in [0.1, 0.15) is 28.7 Å². The molecule has 2 aromatic heterocycles. The number of hydrogen-bond donors (Lipinski definition) is 2. The number of aromatic nitrogens is 3. The number of nitrogens with zero attached hydrogens (tertiary/aromatic N) is 3. The second-order valence-corrected chi connectivity index (χ2v) is 13.7. The van der Waals surface area contributed by atoms with E-state index in [1.165, 1.54) is 23.5 Å².